The number of pyridine rings is 1. The summed E-state index contributed by atoms with van der Waals surface area (Å²) >= 11 is 0. The summed E-state index contributed by atoms with van der Waals surface area (Å²) in [7, 11) is 0. The van der Waals surface area contributed by atoms with Crippen LogP contribution < -0.4 is 14.8 Å². The van der Waals surface area contributed by atoms with Crippen molar-refractivity contribution in [3.63, 3.8) is 0 Å². The topological polar surface area (TPSA) is 113 Å². The zero-order valence-corrected chi connectivity index (χ0v) is 23.0. The van der Waals surface area contributed by atoms with Gasteiger partial charge in [0.1, 0.15) is 0 Å². The van der Waals surface area contributed by atoms with E-state index < -0.39 is 24.6 Å². The SMILES string of the molecule is CCOC(=O)NC(=O)COC(=O)c1c2c(nc3ccccc13)/C(=C/c1ccc3c(c1)OCO3)CC(C(C)(C)C)C2. The van der Waals surface area contributed by atoms with Gasteiger partial charge in [-0.1, -0.05) is 45.0 Å². The molecule has 9 heteroatoms. The van der Waals surface area contributed by atoms with Crippen LogP contribution in [0, 0.1) is 11.3 Å². The number of fused-ring (bicyclic) bond motifs is 3. The van der Waals surface area contributed by atoms with E-state index >= 15 is 0 Å². The number of carbonyl (C=O) groups excluding carboxylic acids is 3. The van der Waals surface area contributed by atoms with Gasteiger partial charge >= 0.3 is 12.1 Å². The molecule has 0 spiro atoms. The molecule has 2 amide bonds. The molecule has 2 aliphatic rings. The molecule has 0 saturated carbocycles. The van der Waals surface area contributed by atoms with Crippen molar-refractivity contribution in [3.8, 4) is 11.5 Å². The second-order valence-electron chi connectivity index (χ2n) is 10.9. The Hall–Kier alpha value is -4.40. The van der Waals surface area contributed by atoms with Gasteiger partial charge in [0.15, 0.2) is 18.1 Å². The lowest BCUT2D eigenvalue weighted by Gasteiger charge is -2.36. The Bertz CT molecular complexity index is 1520. The standard InChI is InChI=1S/C31H32N2O7/c1-5-37-30(36)33-26(34)16-38-29(35)27-21-8-6-7-9-23(21)32-28-19(14-20(15-22(27)28)31(2,3)4)12-18-10-11-24-25(13-18)40-17-39-24/h6-13,20H,5,14-17H2,1-4H3,(H,33,34,36)/b19-12+. The highest BCUT2D eigenvalue weighted by Gasteiger charge is 2.35. The molecule has 1 aliphatic carbocycles. The van der Waals surface area contributed by atoms with Crippen molar-refractivity contribution in [3.05, 3.63) is 64.8 Å². The van der Waals surface area contributed by atoms with Gasteiger partial charge in [0.05, 0.1) is 23.4 Å². The maximum Gasteiger partial charge on any atom is 0.413 e. The first-order valence-electron chi connectivity index (χ1n) is 13.3. The third-order valence-electron chi connectivity index (χ3n) is 7.23. The van der Waals surface area contributed by atoms with Gasteiger partial charge < -0.3 is 18.9 Å². The number of hydrogen-bond acceptors (Lipinski definition) is 8. The molecule has 208 valence electrons. The van der Waals surface area contributed by atoms with Gasteiger partial charge in [-0.15, -0.1) is 0 Å². The number of para-hydroxylation sites is 1. The third-order valence-corrected chi connectivity index (χ3v) is 7.23. The number of hydrogen-bond donors (Lipinski definition) is 1. The summed E-state index contributed by atoms with van der Waals surface area (Å²) in [6, 6.07) is 13.2. The van der Waals surface area contributed by atoms with Gasteiger partial charge in [0, 0.05) is 5.39 Å². The number of aromatic nitrogens is 1. The van der Waals surface area contributed by atoms with E-state index in [1.54, 1.807) is 6.92 Å². The number of nitrogens with zero attached hydrogens (tertiary/aromatic N) is 1. The molecule has 1 N–H and O–H groups in total. The first kappa shape index (κ1) is 27.2. The van der Waals surface area contributed by atoms with E-state index in [1.807, 2.05) is 47.8 Å². The van der Waals surface area contributed by atoms with E-state index in [1.165, 1.54) is 0 Å². The average molecular weight is 545 g/mol. The van der Waals surface area contributed by atoms with Crippen molar-refractivity contribution in [1.29, 1.82) is 0 Å². The fraction of sp³-hybridized carbons (Fsp3) is 0.355. The summed E-state index contributed by atoms with van der Waals surface area (Å²) in [5.74, 6) is 0.192. The van der Waals surface area contributed by atoms with Crippen molar-refractivity contribution >= 4 is 40.5 Å². The Morgan fingerprint density at radius 3 is 2.60 bits per heavy atom. The van der Waals surface area contributed by atoms with Crippen molar-refractivity contribution in [2.45, 2.75) is 40.5 Å². The zero-order chi connectivity index (χ0) is 28.4. The Morgan fingerprint density at radius 2 is 1.82 bits per heavy atom. The molecule has 2 aromatic carbocycles. The van der Waals surface area contributed by atoms with E-state index in [2.05, 4.69) is 26.8 Å². The second kappa shape index (κ2) is 11.0. The minimum Gasteiger partial charge on any atom is -0.454 e. The van der Waals surface area contributed by atoms with Crippen LogP contribution in [-0.2, 0) is 20.7 Å². The lowest BCUT2D eigenvalue weighted by Crippen LogP contribution is -2.35. The van der Waals surface area contributed by atoms with E-state index in [0.717, 1.165) is 28.8 Å². The number of ether oxygens (including phenoxy) is 4. The monoisotopic (exact) mass is 544 g/mol. The molecule has 0 bridgehead atoms. The van der Waals surface area contributed by atoms with Crippen LogP contribution >= 0.6 is 0 Å². The summed E-state index contributed by atoms with van der Waals surface area (Å²) in [4.78, 5) is 42.4. The number of allylic oxidation sites excluding steroid dienone is 1. The summed E-state index contributed by atoms with van der Waals surface area (Å²) in [6.45, 7) is 7.88. The number of amides is 2. The molecule has 9 nitrogen and oxygen atoms in total. The lowest BCUT2D eigenvalue weighted by atomic mass is 9.69. The minimum atomic E-state index is -0.887. The van der Waals surface area contributed by atoms with Crippen LogP contribution in [0.3, 0.4) is 0 Å². The van der Waals surface area contributed by atoms with Crippen molar-refractivity contribution in [2.75, 3.05) is 20.0 Å². The number of esters is 1. The average Bonchev–Trinajstić information content (AvgIpc) is 3.38. The predicted octanol–water partition coefficient (Wildman–Crippen LogP) is 5.54. The molecule has 3 aromatic rings. The van der Waals surface area contributed by atoms with Crippen molar-refractivity contribution in [2.24, 2.45) is 11.3 Å². The van der Waals surface area contributed by atoms with Crippen LogP contribution in [0.25, 0.3) is 22.6 Å². The molecule has 0 radical (unpaired) electrons. The molecule has 0 fully saturated rings. The molecule has 5 rings (SSSR count). The molecular formula is C31H32N2O7. The molecule has 1 aromatic heterocycles. The second-order valence-corrected chi connectivity index (χ2v) is 10.9. The number of imide groups is 1. The van der Waals surface area contributed by atoms with Crippen LogP contribution in [0.1, 0.15) is 61.3 Å². The Kier molecular flexibility index (Phi) is 7.47. The van der Waals surface area contributed by atoms with Gasteiger partial charge in [-0.2, -0.15) is 0 Å². The molecule has 1 atom stereocenters. The van der Waals surface area contributed by atoms with Gasteiger partial charge in [-0.25, -0.2) is 14.6 Å². The van der Waals surface area contributed by atoms with Crippen LogP contribution in [0.4, 0.5) is 4.79 Å². The van der Waals surface area contributed by atoms with Gasteiger partial charge in [-0.05, 0) is 72.1 Å². The highest BCUT2D eigenvalue weighted by Crippen LogP contribution is 2.45. The Balaban J connectivity index is 1.57. The minimum absolute atomic E-state index is 0.0575. The summed E-state index contributed by atoms with van der Waals surface area (Å²) in [6.07, 6.45) is 2.59. The first-order chi connectivity index (χ1) is 19.1. The normalized spacial score (nSPS) is 16.9. The quantitative estimate of drug-likeness (QED) is 0.417. The number of nitrogens with one attached hydrogen (secondary N) is 1. The van der Waals surface area contributed by atoms with Crippen LogP contribution in [0.5, 0.6) is 11.5 Å². The fourth-order valence-electron chi connectivity index (χ4n) is 5.09. The maximum atomic E-state index is 13.6. The largest absolute Gasteiger partial charge is 0.454 e. The lowest BCUT2D eigenvalue weighted by molar-refractivity contribution is -0.123. The number of carbonyl (C=O) groups is 3. The van der Waals surface area contributed by atoms with Crippen LogP contribution in [0.15, 0.2) is 42.5 Å². The number of rotatable bonds is 5. The molecule has 0 saturated heterocycles. The summed E-state index contributed by atoms with van der Waals surface area (Å²) < 4.78 is 21.2. The molecule has 40 heavy (non-hydrogen) atoms. The van der Waals surface area contributed by atoms with Crippen molar-refractivity contribution in [1.82, 2.24) is 10.3 Å². The fourth-order valence-corrected chi connectivity index (χ4v) is 5.09. The first-order valence-corrected chi connectivity index (χ1v) is 13.3. The highest BCUT2D eigenvalue weighted by molar-refractivity contribution is 6.07. The van der Waals surface area contributed by atoms with Crippen LogP contribution in [-0.4, -0.2) is 43.0 Å². The highest BCUT2D eigenvalue weighted by atomic mass is 16.7. The van der Waals surface area contributed by atoms with Gasteiger partial charge in [0.25, 0.3) is 5.91 Å². The molecule has 1 aliphatic heterocycles. The van der Waals surface area contributed by atoms with E-state index in [-0.39, 0.29) is 24.7 Å². The smallest absolute Gasteiger partial charge is 0.413 e. The van der Waals surface area contributed by atoms with Crippen LogP contribution in [0.2, 0.25) is 0 Å². The summed E-state index contributed by atoms with van der Waals surface area (Å²) in [5, 5.41) is 2.70. The van der Waals surface area contributed by atoms with E-state index in [9.17, 15) is 14.4 Å². The number of benzene rings is 2. The predicted molar refractivity (Wildman–Crippen MR) is 149 cm³/mol. The summed E-state index contributed by atoms with van der Waals surface area (Å²) in [5.41, 5.74) is 4.43. The maximum absolute atomic E-state index is 13.6. The molecule has 2 heterocycles. The Labute approximate surface area is 232 Å². The van der Waals surface area contributed by atoms with Crippen molar-refractivity contribution < 1.29 is 33.3 Å². The van der Waals surface area contributed by atoms with E-state index in [0.29, 0.717) is 34.4 Å². The van der Waals surface area contributed by atoms with Gasteiger partial charge in [-0.3, -0.25) is 10.1 Å². The third kappa shape index (κ3) is 5.64. The molecule has 1 unspecified atom stereocenters. The van der Waals surface area contributed by atoms with Gasteiger partial charge in [0.2, 0.25) is 6.79 Å². The zero-order valence-electron chi connectivity index (χ0n) is 23.0. The molecular weight excluding hydrogens is 512 g/mol. The van der Waals surface area contributed by atoms with E-state index in [4.69, 9.17) is 23.9 Å². The number of alkyl carbamates (subject to hydrolysis) is 1. The Morgan fingerprint density at radius 1 is 1.05 bits per heavy atom.